The number of pyridine rings is 1. The number of carboxylic acids is 1. The summed E-state index contributed by atoms with van der Waals surface area (Å²) in [6, 6.07) is 12.8. The number of aryl methyl sites for hydroxylation is 4. The fourth-order valence-electron chi connectivity index (χ4n) is 6.45. The van der Waals surface area contributed by atoms with Crippen molar-refractivity contribution < 1.29 is 24.1 Å². The fourth-order valence-corrected chi connectivity index (χ4v) is 6.45. The lowest BCUT2D eigenvalue weighted by atomic mass is 9.73. The zero-order valence-electron chi connectivity index (χ0n) is 24.7. The molecule has 1 atom stereocenters. The number of ether oxygens (including phenoxy) is 3. The molecule has 1 aliphatic heterocycles. The lowest BCUT2D eigenvalue weighted by molar-refractivity contribution is -0.137. The Morgan fingerprint density at radius 1 is 1.12 bits per heavy atom. The second-order valence-corrected chi connectivity index (χ2v) is 11.8. The summed E-state index contributed by atoms with van der Waals surface area (Å²) in [6.07, 6.45) is 7.71. The van der Waals surface area contributed by atoms with Crippen LogP contribution < -0.4 is 4.74 Å². The van der Waals surface area contributed by atoms with Crippen molar-refractivity contribution >= 4 is 5.97 Å². The van der Waals surface area contributed by atoms with E-state index in [1.807, 2.05) is 13.1 Å². The summed E-state index contributed by atoms with van der Waals surface area (Å²) in [4.78, 5) is 16.8. The van der Waals surface area contributed by atoms with Crippen LogP contribution in [0.1, 0.15) is 77.4 Å². The first-order chi connectivity index (χ1) is 19.8. The van der Waals surface area contributed by atoms with Crippen LogP contribution in [0, 0.1) is 6.92 Å². The molecule has 2 aliphatic rings. The van der Waals surface area contributed by atoms with Gasteiger partial charge in [0.15, 0.2) is 0 Å². The molecule has 1 saturated heterocycles. The van der Waals surface area contributed by atoms with Crippen LogP contribution in [-0.2, 0) is 52.4 Å². The maximum Gasteiger partial charge on any atom is 0.303 e. The molecular formula is C33H43N3O5. The van der Waals surface area contributed by atoms with Gasteiger partial charge in [-0.25, -0.2) is 4.68 Å². The number of aromatic nitrogens is 3. The highest BCUT2D eigenvalue weighted by atomic mass is 16.5. The molecule has 0 bridgehead atoms. The highest BCUT2D eigenvalue weighted by molar-refractivity contribution is 5.68. The summed E-state index contributed by atoms with van der Waals surface area (Å²) in [5.41, 5.74) is 7.73. The summed E-state index contributed by atoms with van der Waals surface area (Å²) in [5.74, 6) is -0.355. The van der Waals surface area contributed by atoms with E-state index in [2.05, 4.69) is 37.3 Å². The van der Waals surface area contributed by atoms with Gasteiger partial charge in [0.2, 0.25) is 5.88 Å². The number of methoxy groups -OCH3 is 1. The summed E-state index contributed by atoms with van der Waals surface area (Å²) in [6.45, 7) is 4.60. The third-order valence-corrected chi connectivity index (χ3v) is 8.66. The van der Waals surface area contributed by atoms with Crippen molar-refractivity contribution in [3.63, 3.8) is 0 Å². The van der Waals surface area contributed by atoms with Gasteiger partial charge >= 0.3 is 5.97 Å². The Morgan fingerprint density at radius 2 is 1.93 bits per heavy atom. The van der Waals surface area contributed by atoms with Crippen molar-refractivity contribution in [3.8, 4) is 5.88 Å². The zero-order valence-corrected chi connectivity index (χ0v) is 24.7. The van der Waals surface area contributed by atoms with Crippen molar-refractivity contribution in [1.29, 1.82) is 0 Å². The van der Waals surface area contributed by atoms with E-state index in [1.165, 1.54) is 29.7 Å². The van der Waals surface area contributed by atoms with E-state index < -0.39 is 5.97 Å². The molecule has 1 unspecified atom stereocenters. The molecule has 1 aliphatic carbocycles. The van der Waals surface area contributed by atoms with Crippen LogP contribution in [0.3, 0.4) is 0 Å². The second kappa shape index (κ2) is 13.2. The second-order valence-electron chi connectivity index (χ2n) is 11.8. The predicted octanol–water partition coefficient (Wildman–Crippen LogP) is 5.12. The maximum absolute atomic E-state index is 12.0. The third-order valence-electron chi connectivity index (χ3n) is 8.66. The standard InChI is InChI=1S/C33H43N3O5/c1-23-16-25(18-27(17-23)33(22-39-3)11-14-40-15-12-33)26(20-32(37)38)19-29-21-31(36(2)35-29)41-13-10-28-9-8-24-6-4-5-7-30(24)34-28/h8-9,16-18,21,26H,4-7,10-15,19-20,22H2,1-3H3,(H,37,38). The van der Waals surface area contributed by atoms with Gasteiger partial charge in [-0.1, -0.05) is 29.8 Å². The Hall–Kier alpha value is -3.23. The summed E-state index contributed by atoms with van der Waals surface area (Å²) in [5, 5.41) is 14.5. The SMILES string of the molecule is COCC1(c2cc(C)cc(C(CC(=O)O)Cc3cc(OCCc4ccc5c(n4)CCCC5)n(C)n3)c2)CCOCC1. The Labute approximate surface area is 243 Å². The lowest BCUT2D eigenvalue weighted by Gasteiger charge is -2.38. The molecule has 0 saturated carbocycles. The zero-order chi connectivity index (χ0) is 28.8. The Balaban J connectivity index is 1.30. The molecule has 2 aromatic heterocycles. The third kappa shape index (κ3) is 7.16. The number of aliphatic carboxylic acids is 1. The highest BCUT2D eigenvalue weighted by Gasteiger charge is 2.35. The Morgan fingerprint density at radius 3 is 2.71 bits per heavy atom. The molecule has 0 amide bonds. The number of rotatable bonds is 12. The van der Waals surface area contributed by atoms with Gasteiger partial charge in [-0.2, -0.15) is 5.10 Å². The van der Waals surface area contributed by atoms with Gasteiger partial charge in [-0.3, -0.25) is 9.78 Å². The fraction of sp³-hybridized carbons (Fsp3) is 0.545. The smallest absolute Gasteiger partial charge is 0.303 e. The molecule has 8 heteroatoms. The molecule has 1 fully saturated rings. The monoisotopic (exact) mass is 561 g/mol. The number of nitrogens with zero attached hydrogens (tertiary/aromatic N) is 3. The molecule has 220 valence electrons. The first-order valence-electron chi connectivity index (χ1n) is 14.9. The van der Waals surface area contributed by atoms with Gasteiger partial charge in [-0.15, -0.1) is 0 Å². The van der Waals surface area contributed by atoms with Crippen LogP contribution in [0.4, 0.5) is 0 Å². The number of benzene rings is 1. The van der Waals surface area contributed by atoms with Gasteiger partial charge in [0.1, 0.15) is 0 Å². The van der Waals surface area contributed by atoms with Crippen LogP contribution in [0.2, 0.25) is 0 Å². The average molecular weight is 562 g/mol. The summed E-state index contributed by atoms with van der Waals surface area (Å²) < 4.78 is 19.2. The number of fused-ring (bicyclic) bond motifs is 1. The van der Waals surface area contributed by atoms with Gasteiger partial charge in [0.05, 0.1) is 25.3 Å². The van der Waals surface area contributed by atoms with Gasteiger partial charge in [-0.05, 0) is 80.5 Å². The first kappa shape index (κ1) is 29.3. The molecule has 0 spiro atoms. The minimum atomic E-state index is -0.819. The Kier molecular flexibility index (Phi) is 9.40. The van der Waals surface area contributed by atoms with Crippen LogP contribution in [0.5, 0.6) is 5.88 Å². The van der Waals surface area contributed by atoms with E-state index in [0.29, 0.717) is 38.7 Å². The minimum Gasteiger partial charge on any atom is -0.481 e. The van der Waals surface area contributed by atoms with Crippen molar-refractivity contribution in [1.82, 2.24) is 14.8 Å². The molecule has 8 nitrogen and oxygen atoms in total. The number of hydrogen-bond acceptors (Lipinski definition) is 6. The van der Waals surface area contributed by atoms with E-state index in [1.54, 1.807) is 11.8 Å². The van der Waals surface area contributed by atoms with E-state index in [-0.39, 0.29) is 17.8 Å². The van der Waals surface area contributed by atoms with Gasteiger partial charge in [0, 0.05) is 56.7 Å². The van der Waals surface area contributed by atoms with Crippen LogP contribution in [-0.4, -0.2) is 59.4 Å². The first-order valence-corrected chi connectivity index (χ1v) is 14.9. The van der Waals surface area contributed by atoms with Gasteiger partial charge < -0.3 is 19.3 Å². The minimum absolute atomic E-state index is 0.0278. The van der Waals surface area contributed by atoms with E-state index in [9.17, 15) is 9.90 Å². The topological polar surface area (TPSA) is 95.7 Å². The average Bonchev–Trinajstić information content (AvgIpc) is 3.31. The van der Waals surface area contributed by atoms with Crippen molar-refractivity contribution in [3.05, 3.63) is 75.7 Å². The Bertz CT molecular complexity index is 1340. The number of hydrogen-bond donors (Lipinski definition) is 1. The van der Waals surface area contributed by atoms with Crippen LogP contribution in [0.15, 0.2) is 36.4 Å². The van der Waals surface area contributed by atoms with E-state index in [4.69, 9.17) is 24.3 Å². The van der Waals surface area contributed by atoms with Gasteiger partial charge in [0.25, 0.3) is 0 Å². The molecule has 0 radical (unpaired) electrons. The highest BCUT2D eigenvalue weighted by Crippen LogP contribution is 2.38. The van der Waals surface area contributed by atoms with Crippen molar-refractivity contribution in [2.24, 2.45) is 7.05 Å². The molecule has 3 aromatic rings. The van der Waals surface area contributed by atoms with Crippen LogP contribution in [0.25, 0.3) is 0 Å². The predicted molar refractivity (Wildman–Crippen MR) is 157 cm³/mol. The number of carboxylic acid groups (broad SMARTS) is 1. The summed E-state index contributed by atoms with van der Waals surface area (Å²) >= 11 is 0. The van der Waals surface area contributed by atoms with Crippen LogP contribution >= 0.6 is 0 Å². The molecule has 5 rings (SSSR count). The quantitative estimate of drug-likeness (QED) is 0.328. The largest absolute Gasteiger partial charge is 0.481 e. The molecule has 41 heavy (non-hydrogen) atoms. The summed E-state index contributed by atoms with van der Waals surface area (Å²) in [7, 11) is 3.61. The van der Waals surface area contributed by atoms with E-state index >= 15 is 0 Å². The maximum atomic E-state index is 12.0. The molecule has 1 N–H and O–H groups in total. The molecule has 3 heterocycles. The number of carbonyl (C=O) groups is 1. The van der Waals surface area contributed by atoms with Crippen molar-refractivity contribution in [2.45, 2.75) is 76.0 Å². The molecule has 1 aromatic carbocycles. The van der Waals surface area contributed by atoms with E-state index in [0.717, 1.165) is 54.6 Å². The van der Waals surface area contributed by atoms with Crippen molar-refractivity contribution in [2.75, 3.05) is 33.5 Å². The normalized spacial score (nSPS) is 17.1. The lowest BCUT2D eigenvalue weighted by Crippen LogP contribution is -2.38. The molecular weight excluding hydrogens is 518 g/mol.